The zero-order chi connectivity index (χ0) is 13.7. The molecule has 0 spiro atoms. The molecule has 0 saturated carbocycles. The predicted octanol–water partition coefficient (Wildman–Crippen LogP) is 2.07. The van der Waals surface area contributed by atoms with E-state index >= 15 is 0 Å². The number of benzene rings is 1. The van der Waals surface area contributed by atoms with Gasteiger partial charge in [0, 0.05) is 6.07 Å². The van der Waals surface area contributed by atoms with Crippen molar-refractivity contribution in [1.29, 1.82) is 5.26 Å². The number of nitro groups is 1. The number of nitriles is 1. The number of rotatable bonds is 4. The summed E-state index contributed by atoms with van der Waals surface area (Å²) in [5.74, 6) is -2.04. The number of ether oxygens (including phenoxy) is 1. The molecule has 0 aliphatic rings. The fourth-order valence-corrected chi connectivity index (χ4v) is 1.66. The van der Waals surface area contributed by atoms with Gasteiger partial charge in [-0.15, -0.1) is 0 Å². The van der Waals surface area contributed by atoms with E-state index in [-0.39, 0.29) is 17.9 Å². The molecule has 1 unspecified atom stereocenters. The van der Waals surface area contributed by atoms with Crippen molar-refractivity contribution in [2.45, 2.75) is 19.8 Å². The topological polar surface area (TPSA) is 93.2 Å². The lowest BCUT2D eigenvalue weighted by Gasteiger charge is -2.11. The average Bonchev–Trinajstić information content (AvgIpc) is 2.32. The maximum absolute atomic E-state index is 11.6. The first kappa shape index (κ1) is 13.6. The third-order valence-electron chi connectivity index (χ3n) is 2.44. The molecular weight excluding hydrogens is 236 g/mol. The lowest BCUT2D eigenvalue weighted by atomic mass is 9.94. The van der Waals surface area contributed by atoms with Crippen LogP contribution in [0.4, 0.5) is 5.69 Å². The second-order valence-electron chi connectivity index (χ2n) is 3.58. The number of carbonyl (C=O) groups excluding carboxylic acids is 1. The fraction of sp³-hybridized carbons (Fsp3) is 0.333. The first-order chi connectivity index (χ1) is 8.52. The molecule has 0 heterocycles. The van der Waals surface area contributed by atoms with Gasteiger partial charge in [-0.2, -0.15) is 5.26 Å². The van der Waals surface area contributed by atoms with Gasteiger partial charge in [0.2, 0.25) is 0 Å². The summed E-state index contributed by atoms with van der Waals surface area (Å²) in [6.45, 7) is 3.35. The molecule has 1 aromatic carbocycles. The van der Waals surface area contributed by atoms with Crippen LogP contribution in [0, 0.1) is 28.4 Å². The summed E-state index contributed by atoms with van der Waals surface area (Å²) in [6.07, 6.45) is 0. The molecule has 6 nitrogen and oxygen atoms in total. The smallest absolute Gasteiger partial charge is 0.328 e. The van der Waals surface area contributed by atoms with Crippen LogP contribution in [0.1, 0.15) is 24.0 Å². The van der Waals surface area contributed by atoms with E-state index in [1.165, 1.54) is 12.1 Å². The summed E-state index contributed by atoms with van der Waals surface area (Å²) in [5, 5.41) is 20.0. The van der Waals surface area contributed by atoms with E-state index in [1.807, 2.05) is 0 Å². The highest BCUT2D eigenvalue weighted by Gasteiger charge is 2.30. The van der Waals surface area contributed by atoms with Crippen molar-refractivity contribution in [2.24, 2.45) is 0 Å². The third kappa shape index (κ3) is 2.63. The van der Waals surface area contributed by atoms with Gasteiger partial charge < -0.3 is 4.74 Å². The minimum absolute atomic E-state index is 0.100. The molecule has 0 aromatic heterocycles. The lowest BCUT2D eigenvalue weighted by molar-refractivity contribution is -0.385. The second-order valence-corrected chi connectivity index (χ2v) is 3.58. The molecular formula is C12H12N2O4. The summed E-state index contributed by atoms with van der Waals surface area (Å²) in [5.41, 5.74) is 0.377. The van der Waals surface area contributed by atoms with Crippen LogP contribution < -0.4 is 0 Å². The van der Waals surface area contributed by atoms with Crippen LogP contribution in [0.25, 0.3) is 0 Å². The quantitative estimate of drug-likeness (QED) is 0.462. The van der Waals surface area contributed by atoms with Gasteiger partial charge in [-0.25, -0.2) is 0 Å². The Morgan fingerprint density at radius 2 is 2.28 bits per heavy atom. The van der Waals surface area contributed by atoms with Crippen LogP contribution in [-0.2, 0) is 9.53 Å². The molecule has 6 heteroatoms. The van der Waals surface area contributed by atoms with Crippen LogP contribution in [-0.4, -0.2) is 17.5 Å². The number of aryl methyl sites for hydroxylation is 1. The summed E-state index contributed by atoms with van der Waals surface area (Å²) in [7, 11) is 0. The minimum atomic E-state index is -1.27. The van der Waals surface area contributed by atoms with Gasteiger partial charge in [0.05, 0.1) is 23.2 Å². The Balaban J connectivity index is 3.34. The maximum Gasteiger partial charge on any atom is 0.328 e. The molecule has 94 valence electrons. The van der Waals surface area contributed by atoms with Crippen molar-refractivity contribution < 1.29 is 14.5 Å². The first-order valence-electron chi connectivity index (χ1n) is 5.33. The van der Waals surface area contributed by atoms with Crippen molar-refractivity contribution in [3.63, 3.8) is 0 Å². The van der Waals surface area contributed by atoms with Crippen LogP contribution >= 0.6 is 0 Å². The van der Waals surface area contributed by atoms with E-state index in [0.29, 0.717) is 5.56 Å². The number of nitro benzene ring substituents is 1. The monoisotopic (exact) mass is 248 g/mol. The maximum atomic E-state index is 11.6. The summed E-state index contributed by atoms with van der Waals surface area (Å²) >= 11 is 0. The summed E-state index contributed by atoms with van der Waals surface area (Å²) in [4.78, 5) is 21.9. The van der Waals surface area contributed by atoms with E-state index in [9.17, 15) is 14.9 Å². The predicted molar refractivity (Wildman–Crippen MR) is 62.8 cm³/mol. The van der Waals surface area contributed by atoms with Crippen LogP contribution in [0.15, 0.2) is 18.2 Å². The Labute approximate surface area is 104 Å². The van der Waals surface area contributed by atoms with Gasteiger partial charge in [-0.3, -0.25) is 14.9 Å². The highest BCUT2D eigenvalue weighted by molar-refractivity contribution is 5.83. The summed E-state index contributed by atoms with van der Waals surface area (Å²) in [6, 6.07) is 6.16. The van der Waals surface area contributed by atoms with Crippen molar-refractivity contribution >= 4 is 11.7 Å². The van der Waals surface area contributed by atoms with Crippen molar-refractivity contribution in [1.82, 2.24) is 0 Å². The van der Waals surface area contributed by atoms with Gasteiger partial charge in [-0.1, -0.05) is 12.1 Å². The molecule has 0 aliphatic heterocycles. The standard InChI is InChI=1S/C12H12N2O4/c1-3-18-12(15)9(7-13)11-8(2)5-4-6-10(11)14(16)17/h4-6,9H,3H2,1-2H3. The zero-order valence-electron chi connectivity index (χ0n) is 10.0. The number of carbonyl (C=O) groups is 1. The molecule has 18 heavy (non-hydrogen) atoms. The van der Waals surface area contributed by atoms with Crippen molar-refractivity contribution in [2.75, 3.05) is 6.61 Å². The minimum Gasteiger partial charge on any atom is -0.465 e. The van der Waals surface area contributed by atoms with Gasteiger partial charge in [0.1, 0.15) is 0 Å². The average molecular weight is 248 g/mol. The van der Waals surface area contributed by atoms with Gasteiger partial charge in [0.25, 0.3) is 5.69 Å². The van der Waals surface area contributed by atoms with Gasteiger partial charge in [0.15, 0.2) is 5.92 Å². The van der Waals surface area contributed by atoms with Crippen LogP contribution in [0.2, 0.25) is 0 Å². The third-order valence-corrected chi connectivity index (χ3v) is 2.44. The summed E-state index contributed by atoms with van der Waals surface area (Å²) < 4.78 is 4.76. The van der Waals surface area contributed by atoms with E-state index in [2.05, 4.69) is 0 Å². The van der Waals surface area contributed by atoms with Gasteiger partial charge in [-0.05, 0) is 19.4 Å². The largest absolute Gasteiger partial charge is 0.465 e. The van der Waals surface area contributed by atoms with E-state index in [4.69, 9.17) is 10.00 Å². The van der Waals surface area contributed by atoms with Crippen LogP contribution in [0.5, 0.6) is 0 Å². The fourth-order valence-electron chi connectivity index (χ4n) is 1.66. The van der Waals surface area contributed by atoms with E-state index in [0.717, 1.165) is 0 Å². The molecule has 0 saturated heterocycles. The SMILES string of the molecule is CCOC(=O)C(C#N)c1c(C)cccc1[N+](=O)[O-]. The Hall–Kier alpha value is -2.42. The molecule has 1 atom stereocenters. The second kappa shape index (κ2) is 5.77. The highest BCUT2D eigenvalue weighted by Crippen LogP contribution is 2.30. The Morgan fingerprint density at radius 3 is 2.78 bits per heavy atom. The molecule has 0 amide bonds. The first-order valence-corrected chi connectivity index (χ1v) is 5.33. The molecule has 0 aliphatic carbocycles. The van der Waals surface area contributed by atoms with Gasteiger partial charge >= 0.3 is 5.97 Å². The highest BCUT2D eigenvalue weighted by atomic mass is 16.6. The van der Waals surface area contributed by atoms with Crippen molar-refractivity contribution in [3.8, 4) is 6.07 Å². The molecule has 1 rings (SSSR count). The van der Waals surface area contributed by atoms with E-state index < -0.39 is 16.8 Å². The van der Waals surface area contributed by atoms with Crippen molar-refractivity contribution in [3.05, 3.63) is 39.4 Å². The molecule has 1 aromatic rings. The number of esters is 1. The number of hydrogen-bond donors (Lipinski definition) is 0. The Kier molecular flexibility index (Phi) is 4.38. The molecule has 0 N–H and O–H groups in total. The van der Waals surface area contributed by atoms with Crippen LogP contribution in [0.3, 0.4) is 0 Å². The number of nitrogens with zero attached hydrogens (tertiary/aromatic N) is 2. The zero-order valence-corrected chi connectivity index (χ0v) is 10.0. The Bertz CT molecular complexity index is 519. The normalized spacial score (nSPS) is 11.4. The lowest BCUT2D eigenvalue weighted by Crippen LogP contribution is -2.16. The van der Waals surface area contributed by atoms with E-state index in [1.54, 1.807) is 26.0 Å². The molecule has 0 bridgehead atoms. The molecule has 0 fully saturated rings. The molecule has 0 radical (unpaired) electrons. The Morgan fingerprint density at radius 1 is 1.61 bits per heavy atom. The number of hydrogen-bond acceptors (Lipinski definition) is 5.